The number of hydrogen-bond acceptors (Lipinski definition) is 3. The Bertz CT molecular complexity index is 470. The van der Waals surface area contributed by atoms with Crippen molar-refractivity contribution in [1.82, 2.24) is 5.32 Å². The fraction of sp³-hybridized carbons (Fsp3) is 0.333. The average Bonchev–Trinajstić information content (AvgIpc) is 2.55. The van der Waals surface area contributed by atoms with Gasteiger partial charge in [0, 0.05) is 13.1 Å². The molecule has 0 radical (unpaired) electrons. The van der Waals surface area contributed by atoms with Gasteiger partial charge in [0.25, 0.3) is 0 Å². The zero-order valence-electron chi connectivity index (χ0n) is 12.8. The van der Waals surface area contributed by atoms with Gasteiger partial charge in [0.1, 0.15) is 18.1 Å². The molecule has 112 valence electrons. The first-order chi connectivity index (χ1) is 10.3. The Morgan fingerprint density at radius 1 is 0.857 bits per heavy atom. The molecule has 0 atom stereocenters. The van der Waals surface area contributed by atoms with Gasteiger partial charge in [0.2, 0.25) is 0 Å². The predicted molar refractivity (Wildman–Crippen MR) is 86.0 cm³/mol. The summed E-state index contributed by atoms with van der Waals surface area (Å²) in [5, 5.41) is 3.37. The minimum absolute atomic E-state index is 0.668. The normalized spacial score (nSPS) is 10.4. The van der Waals surface area contributed by atoms with Crippen molar-refractivity contribution in [3.8, 4) is 11.5 Å². The maximum absolute atomic E-state index is 5.70. The number of methoxy groups -OCH3 is 1. The molecule has 0 saturated carbocycles. The molecule has 2 rings (SSSR count). The van der Waals surface area contributed by atoms with Crippen LogP contribution in [0.15, 0.2) is 48.5 Å². The monoisotopic (exact) mass is 285 g/mol. The Balaban J connectivity index is 1.64. The van der Waals surface area contributed by atoms with Gasteiger partial charge in [0.05, 0.1) is 7.11 Å². The van der Waals surface area contributed by atoms with Crippen molar-refractivity contribution in [2.24, 2.45) is 0 Å². The van der Waals surface area contributed by atoms with Crippen LogP contribution in [-0.4, -0.2) is 20.3 Å². The first-order valence-electron chi connectivity index (χ1n) is 7.37. The Labute approximate surface area is 126 Å². The van der Waals surface area contributed by atoms with Crippen LogP contribution in [0, 0.1) is 0 Å². The third-order valence-electron chi connectivity index (χ3n) is 3.37. The van der Waals surface area contributed by atoms with Gasteiger partial charge in [-0.25, -0.2) is 0 Å². The molecule has 0 amide bonds. The SMILES string of the molecule is CCc1ccc(OCCNCc2ccc(OC)cc2)cc1. The molecule has 0 aliphatic heterocycles. The Morgan fingerprint density at radius 3 is 2.10 bits per heavy atom. The molecule has 0 heterocycles. The number of ether oxygens (including phenoxy) is 2. The van der Waals surface area contributed by atoms with E-state index < -0.39 is 0 Å². The maximum Gasteiger partial charge on any atom is 0.119 e. The van der Waals surface area contributed by atoms with E-state index >= 15 is 0 Å². The lowest BCUT2D eigenvalue weighted by Crippen LogP contribution is -2.20. The standard InChI is InChI=1S/C18H23NO2/c1-3-15-4-10-18(11-5-15)21-13-12-19-14-16-6-8-17(20-2)9-7-16/h4-11,19H,3,12-14H2,1-2H3. The van der Waals surface area contributed by atoms with E-state index in [1.807, 2.05) is 24.3 Å². The highest BCUT2D eigenvalue weighted by atomic mass is 16.5. The van der Waals surface area contributed by atoms with E-state index in [-0.39, 0.29) is 0 Å². The second-order valence-corrected chi connectivity index (χ2v) is 4.87. The molecule has 2 aromatic carbocycles. The molecular formula is C18H23NO2. The number of rotatable bonds is 8. The lowest BCUT2D eigenvalue weighted by atomic mass is 10.2. The Kier molecular flexibility index (Phi) is 6.10. The molecule has 0 aliphatic carbocycles. The van der Waals surface area contributed by atoms with Crippen LogP contribution in [0.25, 0.3) is 0 Å². The van der Waals surface area contributed by atoms with Crippen molar-refractivity contribution in [3.05, 3.63) is 59.7 Å². The summed E-state index contributed by atoms with van der Waals surface area (Å²) in [6, 6.07) is 16.4. The van der Waals surface area contributed by atoms with Crippen molar-refractivity contribution in [2.45, 2.75) is 19.9 Å². The van der Waals surface area contributed by atoms with Crippen LogP contribution in [0.3, 0.4) is 0 Å². The van der Waals surface area contributed by atoms with Crippen LogP contribution < -0.4 is 14.8 Å². The fourth-order valence-electron chi connectivity index (χ4n) is 2.04. The molecule has 0 unspecified atom stereocenters. The molecule has 0 bridgehead atoms. The molecule has 0 aromatic heterocycles. The summed E-state index contributed by atoms with van der Waals surface area (Å²) >= 11 is 0. The van der Waals surface area contributed by atoms with Crippen LogP contribution in [0.2, 0.25) is 0 Å². The third kappa shape index (κ3) is 5.12. The van der Waals surface area contributed by atoms with E-state index in [1.165, 1.54) is 11.1 Å². The molecule has 3 heteroatoms. The van der Waals surface area contributed by atoms with Crippen LogP contribution in [0.5, 0.6) is 11.5 Å². The molecule has 3 nitrogen and oxygen atoms in total. The fourth-order valence-corrected chi connectivity index (χ4v) is 2.04. The Morgan fingerprint density at radius 2 is 1.48 bits per heavy atom. The molecule has 0 spiro atoms. The summed E-state index contributed by atoms with van der Waals surface area (Å²) in [7, 11) is 1.68. The summed E-state index contributed by atoms with van der Waals surface area (Å²) in [4.78, 5) is 0. The van der Waals surface area contributed by atoms with Gasteiger partial charge in [-0.2, -0.15) is 0 Å². The number of benzene rings is 2. The van der Waals surface area contributed by atoms with Crippen LogP contribution in [0.1, 0.15) is 18.1 Å². The van der Waals surface area contributed by atoms with Crippen molar-refractivity contribution in [2.75, 3.05) is 20.3 Å². The summed E-state index contributed by atoms with van der Waals surface area (Å²) in [5.74, 6) is 1.82. The smallest absolute Gasteiger partial charge is 0.119 e. The van der Waals surface area contributed by atoms with Crippen molar-refractivity contribution in [1.29, 1.82) is 0 Å². The van der Waals surface area contributed by atoms with E-state index in [4.69, 9.17) is 9.47 Å². The van der Waals surface area contributed by atoms with Crippen molar-refractivity contribution in [3.63, 3.8) is 0 Å². The topological polar surface area (TPSA) is 30.5 Å². The van der Waals surface area contributed by atoms with E-state index in [0.717, 1.165) is 31.0 Å². The first-order valence-corrected chi connectivity index (χ1v) is 7.37. The van der Waals surface area contributed by atoms with Crippen LogP contribution >= 0.6 is 0 Å². The highest BCUT2D eigenvalue weighted by molar-refractivity contribution is 5.27. The van der Waals surface area contributed by atoms with E-state index in [1.54, 1.807) is 7.11 Å². The highest BCUT2D eigenvalue weighted by Crippen LogP contribution is 2.12. The van der Waals surface area contributed by atoms with Crippen LogP contribution in [-0.2, 0) is 13.0 Å². The third-order valence-corrected chi connectivity index (χ3v) is 3.37. The summed E-state index contributed by atoms with van der Waals surface area (Å²) in [5.41, 5.74) is 2.57. The van der Waals surface area contributed by atoms with E-state index in [9.17, 15) is 0 Å². The van der Waals surface area contributed by atoms with Gasteiger partial charge in [-0.15, -0.1) is 0 Å². The second kappa shape index (κ2) is 8.32. The van der Waals surface area contributed by atoms with Crippen molar-refractivity contribution < 1.29 is 9.47 Å². The predicted octanol–water partition coefficient (Wildman–Crippen LogP) is 3.43. The van der Waals surface area contributed by atoms with Gasteiger partial charge in [-0.1, -0.05) is 31.2 Å². The van der Waals surface area contributed by atoms with Gasteiger partial charge in [0.15, 0.2) is 0 Å². The lowest BCUT2D eigenvalue weighted by molar-refractivity contribution is 0.313. The van der Waals surface area contributed by atoms with Crippen LogP contribution in [0.4, 0.5) is 0 Å². The second-order valence-electron chi connectivity index (χ2n) is 4.87. The minimum Gasteiger partial charge on any atom is -0.497 e. The summed E-state index contributed by atoms with van der Waals surface area (Å²) in [6.07, 6.45) is 1.06. The van der Waals surface area contributed by atoms with Gasteiger partial charge < -0.3 is 14.8 Å². The minimum atomic E-state index is 0.668. The zero-order valence-corrected chi connectivity index (χ0v) is 12.8. The van der Waals surface area contributed by atoms with Gasteiger partial charge in [-0.05, 0) is 41.8 Å². The molecule has 1 N–H and O–H groups in total. The average molecular weight is 285 g/mol. The van der Waals surface area contributed by atoms with E-state index in [0.29, 0.717) is 6.61 Å². The number of aryl methyl sites for hydroxylation is 1. The van der Waals surface area contributed by atoms with Gasteiger partial charge in [-0.3, -0.25) is 0 Å². The maximum atomic E-state index is 5.70. The summed E-state index contributed by atoms with van der Waals surface area (Å²) < 4.78 is 10.8. The molecule has 0 fully saturated rings. The molecule has 0 aliphatic rings. The number of nitrogens with one attached hydrogen (secondary N) is 1. The molecule has 2 aromatic rings. The highest BCUT2D eigenvalue weighted by Gasteiger charge is 1.96. The molecule has 0 saturated heterocycles. The number of hydrogen-bond donors (Lipinski definition) is 1. The Hall–Kier alpha value is -2.00. The largest absolute Gasteiger partial charge is 0.497 e. The van der Waals surface area contributed by atoms with Crippen molar-refractivity contribution >= 4 is 0 Å². The van der Waals surface area contributed by atoms with E-state index in [2.05, 4.69) is 36.5 Å². The first kappa shape index (κ1) is 15.4. The lowest BCUT2D eigenvalue weighted by Gasteiger charge is -2.08. The zero-order chi connectivity index (χ0) is 14.9. The molecular weight excluding hydrogens is 262 g/mol. The quantitative estimate of drug-likeness (QED) is 0.754. The molecule has 21 heavy (non-hydrogen) atoms. The summed E-state index contributed by atoms with van der Waals surface area (Å²) in [6.45, 7) is 4.48. The van der Waals surface area contributed by atoms with Gasteiger partial charge >= 0.3 is 0 Å².